The second-order valence-corrected chi connectivity index (χ2v) is 8.16. The molecule has 2 rings (SSSR count). The van der Waals surface area contributed by atoms with Crippen LogP contribution in [0.25, 0.3) is 0 Å². The van der Waals surface area contributed by atoms with Crippen LogP contribution in [0.5, 0.6) is 0 Å². The highest BCUT2D eigenvalue weighted by Gasteiger charge is 2.34. The Bertz CT molecular complexity index is 639. The number of hydrogen-bond donors (Lipinski definition) is 1. The molecule has 0 saturated carbocycles. The summed E-state index contributed by atoms with van der Waals surface area (Å²) < 4.78 is 41.1. The number of benzene rings is 1. The highest BCUT2D eigenvalue weighted by Crippen LogP contribution is 2.36. The van der Waals surface area contributed by atoms with Crippen molar-refractivity contribution in [3.63, 3.8) is 0 Å². The summed E-state index contributed by atoms with van der Waals surface area (Å²) >= 11 is 5.73. The van der Waals surface area contributed by atoms with Gasteiger partial charge in [0, 0.05) is 26.7 Å². The maximum atomic E-state index is 13.7. The van der Waals surface area contributed by atoms with Crippen molar-refractivity contribution >= 4 is 21.8 Å². The van der Waals surface area contributed by atoms with Crippen molar-refractivity contribution in [2.24, 2.45) is 5.92 Å². The molecule has 1 fully saturated rings. The Morgan fingerprint density at radius 2 is 2.14 bits per heavy atom. The van der Waals surface area contributed by atoms with Gasteiger partial charge in [-0.15, -0.1) is 0 Å². The summed E-state index contributed by atoms with van der Waals surface area (Å²) in [4.78, 5) is 2.11. The standard InChI is InChI=1S/C14H21ClFN3O2S/c1-18(2)22(20,21)17-9-11-6-7-19(3)14(11)10-4-5-12(15)13(16)8-10/h4-5,8,11,14,17H,6-7,9H2,1-3H3/t11-,14+/m1/s1. The predicted octanol–water partition coefficient (Wildman–Crippen LogP) is 1.87. The molecule has 0 bridgehead atoms. The molecule has 0 aliphatic carbocycles. The van der Waals surface area contributed by atoms with E-state index in [9.17, 15) is 12.8 Å². The third-order valence-electron chi connectivity index (χ3n) is 4.07. The number of nitrogens with zero attached hydrogens (tertiary/aromatic N) is 2. The number of likely N-dealkylation sites (tertiary alicyclic amines) is 1. The Morgan fingerprint density at radius 1 is 1.45 bits per heavy atom. The summed E-state index contributed by atoms with van der Waals surface area (Å²) in [5, 5.41) is 0.0919. The molecule has 1 heterocycles. The Morgan fingerprint density at radius 3 is 2.73 bits per heavy atom. The van der Waals surface area contributed by atoms with E-state index in [-0.39, 0.29) is 17.0 Å². The highest BCUT2D eigenvalue weighted by atomic mass is 35.5. The zero-order valence-corrected chi connectivity index (χ0v) is 14.5. The van der Waals surface area contributed by atoms with E-state index < -0.39 is 16.0 Å². The zero-order valence-electron chi connectivity index (χ0n) is 12.9. The molecule has 1 aromatic rings. The van der Waals surface area contributed by atoms with Crippen LogP contribution in [0.2, 0.25) is 5.02 Å². The van der Waals surface area contributed by atoms with Gasteiger partial charge >= 0.3 is 0 Å². The largest absolute Gasteiger partial charge is 0.299 e. The molecule has 8 heteroatoms. The first-order valence-electron chi connectivity index (χ1n) is 7.04. The molecule has 22 heavy (non-hydrogen) atoms. The van der Waals surface area contributed by atoms with Crippen molar-refractivity contribution in [2.45, 2.75) is 12.5 Å². The van der Waals surface area contributed by atoms with Crippen LogP contribution in [0, 0.1) is 11.7 Å². The number of hydrogen-bond acceptors (Lipinski definition) is 3. The average molecular weight is 350 g/mol. The first-order valence-corrected chi connectivity index (χ1v) is 8.86. The van der Waals surface area contributed by atoms with Gasteiger partial charge in [0.25, 0.3) is 10.2 Å². The minimum atomic E-state index is -3.45. The Balaban J connectivity index is 2.16. The lowest BCUT2D eigenvalue weighted by atomic mass is 9.94. The van der Waals surface area contributed by atoms with Crippen LogP contribution in [0.15, 0.2) is 18.2 Å². The monoisotopic (exact) mass is 349 g/mol. The fourth-order valence-corrected chi connectivity index (χ4v) is 3.60. The lowest BCUT2D eigenvalue weighted by Gasteiger charge is -2.26. The Labute approximate surface area is 136 Å². The maximum Gasteiger partial charge on any atom is 0.278 e. The topological polar surface area (TPSA) is 52.7 Å². The predicted molar refractivity (Wildman–Crippen MR) is 85.5 cm³/mol. The van der Waals surface area contributed by atoms with Crippen LogP contribution >= 0.6 is 11.6 Å². The summed E-state index contributed by atoms with van der Waals surface area (Å²) in [6, 6.07) is 4.74. The van der Waals surface area contributed by atoms with Crippen molar-refractivity contribution in [2.75, 3.05) is 34.2 Å². The minimum Gasteiger partial charge on any atom is -0.299 e. The van der Waals surface area contributed by atoms with E-state index in [1.54, 1.807) is 12.1 Å². The quantitative estimate of drug-likeness (QED) is 0.883. The summed E-state index contributed by atoms with van der Waals surface area (Å²) in [5.74, 6) is -0.368. The fraction of sp³-hybridized carbons (Fsp3) is 0.571. The maximum absolute atomic E-state index is 13.7. The number of rotatable bonds is 5. The highest BCUT2D eigenvalue weighted by molar-refractivity contribution is 7.87. The van der Waals surface area contributed by atoms with Crippen molar-refractivity contribution in [3.8, 4) is 0 Å². The fourth-order valence-electron chi connectivity index (χ4n) is 2.80. The van der Waals surface area contributed by atoms with Crippen LogP contribution < -0.4 is 4.72 Å². The van der Waals surface area contributed by atoms with Gasteiger partial charge in [0.1, 0.15) is 5.82 Å². The molecule has 1 aliphatic rings. The summed E-state index contributed by atoms with van der Waals surface area (Å²) in [5.41, 5.74) is 0.816. The van der Waals surface area contributed by atoms with Crippen molar-refractivity contribution < 1.29 is 12.8 Å². The lowest BCUT2D eigenvalue weighted by Crippen LogP contribution is -2.39. The van der Waals surface area contributed by atoms with Crippen molar-refractivity contribution in [3.05, 3.63) is 34.6 Å². The smallest absolute Gasteiger partial charge is 0.278 e. The molecule has 0 radical (unpaired) electrons. The lowest BCUT2D eigenvalue weighted by molar-refractivity contribution is 0.275. The molecule has 124 valence electrons. The van der Waals surface area contributed by atoms with Crippen LogP contribution in [-0.4, -0.2) is 51.9 Å². The van der Waals surface area contributed by atoms with Gasteiger partial charge in [-0.1, -0.05) is 17.7 Å². The molecule has 1 saturated heterocycles. The van der Waals surface area contributed by atoms with Gasteiger partial charge in [0.05, 0.1) is 5.02 Å². The Kier molecular flexibility index (Phi) is 5.45. The van der Waals surface area contributed by atoms with E-state index in [0.717, 1.165) is 22.8 Å². The number of nitrogens with one attached hydrogen (secondary N) is 1. The molecule has 0 unspecified atom stereocenters. The zero-order chi connectivity index (χ0) is 16.5. The molecule has 1 aliphatic heterocycles. The molecular weight excluding hydrogens is 329 g/mol. The Hall–Kier alpha value is -0.730. The molecule has 2 atom stereocenters. The van der Waals surface area contributed by atoms with Crippen molar-refractivity contribution in [1.82, 2.24) is 13.9 Å². The first kappa shape index (κ1) is 17.6. The summed E-state index contributed by atoms with van der Waals surface area (Å²) in [6.07, 6.45) is 0.849. The van der Waals surface area contributed by atoms with E-state index in [0.29, 0.717) is 6.54 Å². The van der Waals surface area contributed by atoms with Gasteiger partial charge < -0.3 is 0 Å². The second kappa shape index (κ2) is 6.80. The van der Waals surface area contributed by atoms with Gasteiger partial charge in [-0.25, -0.2) is 9.11 Å². The SMILES string of the molecule is CN1CC[C@H](CNS(=O)(=O)N(C)C)[C@@H]1c1ccc(Cl)c(F)c1. The third-order valence-corrected chi connectivity index (χ3v) is 5.87. The average Bonchev–Trinajstić information content (AvgIpc) is 2.81. The first-order chi connectivity index (χ1) is 10.2. The van der Waals surface area contributed by atoms with Crippen LogP contribution in [0.4, 0.5) is 4.39 Å². The number of halogens is 2. The second-order valence-electron chi connectivity index (χ2n) is 5.78. The van der Waals surface area contributed by atoms with E-state index in [2.05, 4.69) is 9.62 Å². The molecule has 5 nitrogen and oxygen atoms in total. The van der Waals surface area contributed by atoms with Crippen LogP contribution in [0.1, 0.15) is 18.0 Å². The van der Waals surface area contributed by atoms with E-state index in [1.165, 1.54) is 20.2 Å². The van der Waals surface area contributed by atoms with Crippen LogP contribution in [-0.2, 0) is 10.2 Å². The molecule has 0 amide bonds. The van der Waals surface area contributed by atoms with Crippen LogP contribution in [0.3, 0.4) is 0 Å². The third kappa shape index (κ3) is 3.78. The summed E-state index contributed by atoms with van der Waals surface area (Å²) in [6.45, 7) is 1.16. The van der Waals surface area contributed by atoms with Gasteiger partial charge in [-0.3, -0.25) is 4.90 Å². The normalized spacial score (nSPS) is 23.4. The van der Waals surface area contributed by atoms with Gasteiger partial charge in [-0.05, 0) is 43.6 Å². The van der Waals surface area contributed by atoms with E-state index in [4.69, 9.17) is 11.6 Å². The van der Waals surface area contributed by atoms with Gasteiger partial charge in [0.2, 0.25) is 0 Å². The van der Waals surface area contributed by atoms with Gasteiger partial charge in [-0.2, -0.15) is 12.7 Å². The van der Waals surface area contributed by atoms with E-state index in [1.807, 2.05) is 7.05 Å². The van der Waals surface area contributed by atoms with Crippen molar-refractivity contribution in [1.29, 1.82) is 0 Å². The minimum absolute atomic E-state index is 0.0309. The van der Waals surface area contributed by atoms with E-state index >= 15 is 0 Å². The molecule has 0 spiro atoms. The molecular formula is C14H21ClFN3O2S. The van der Waals surface area contributed by atoms with Gasteiger partial charge in [0.15, 0.2) is 0 Å². The molecule has 1 N–H and O–H groups in total. The summed E-state index contributed by atoms with van der Waals surface area (Å²) in [7, 11) is 1.46. The molecule has 0 aromatic heterocycles. The molecule has 1 aromatic carbocycles.